The Labute approximate surface area is 188 Å². The van der Waals surface area contributed by atoms with Crippen LogP contribution in [0.15, 0.2) is 82.4 Å². The number of alkyl halides is 3. The van der Waals surface area contributed by atoms with Crippen molar-refractivity contribution in [1.82, 2.24) is 5.01 Å². The van der Waals surface area contributed by atoms with Crippen LogP contribution in [0.3, 0.4) is 0 Å². The Bertz CT molecular complexity index is 1070. The molecule has 1 N–H and O–H groups in total. The predicted molar refractivity (Wildman–Crippen MR) is 112 cm³/mol. The first-order valence-corrected chi connectivity index (χ1v) is 10.1. The van der Waals surface area contributed by atoms with E-state index < -0.39 is 24.2 Å². The van der Waals surface area contributed by atoms with Gasteiger partial charge in [-0.3, -0.25) is 0 Å². The van der Waals surface area contributed by atoms with Gasteiger partial charge in [-0.1, -0.05) is 15.9 Å². The highest BCUT2D eigenvalue weighted by atomic mass is 79.9. The molecule has 2 aromatic carbocycles. The fraction of sp³-hybridized carbons (Fsp3) is 0.143. The number of nitrogens with zero attached hydrogens (tertiary/aromatic N) is 2. The lowest BCUT2D eigenvalue weighted by molar-refractivity contribution is -0.274. The van der Waals surface area contributed by atoms with Gasteiger partial charge in [0, 0.05) is 22.1 Å². The molecule has 32 heavy (non-hydrogen) atoms. The zero-order valence-electron chi connectivity index (χ0n) is 16.2. The summed E-state index contributed by atoms with van der Waals surface area (Å²) >= 11 is 3.35. The Kier molecular flexibility index (Phi) is 6.08. The third-order valence-corrected chi connectivity index (χ3v) is 4.90. The summed E-state index contributed by atoms with van der Waals surface area (Å²) in [5.41, 5.74) is 1.26. The average Bonchev–Trinajstić information content (AvgIpc) is 3.29. The zero-order chi connectivity index (χ0) is 22.7. The number of hydrogen-bond donors (Lipinski definition) is 1. The molecule has 7 nitrogen and oxygen atoms in total. The van der Waals surface area contributed by atoms with Gasteiger partial charge in [0.05, 0.1) is 6.26 Å². The molecule has 0 radical (unpaired) electrons. The fourth-order valence-corrected chi connectivity index (χ4v) is 3.19. The van der Waals surface area contributed by atoms with E-state index in [4.69, 9.17) is 9.47 Å². The topological polar surface area (TPSA) is 72.4 Å². The normalized spacial score (nSPS) is 17.8. The molecule has 2 aromatic rings. The molecular weight excluding hydrogens is 495 g/mol. The van der Waals surface area contributed by atoms with Crippen LogP contribution in [0.5, 0.6) is 5.75 Å². The summed E-state index contributed by atoms with van der Waals surface area (Å²) in [6.45, 7) is 0. The lowest BCUT2D eigenvalue weighted by atomic mass is 10.2. The van der Waals surface area contributed by atoms with Crippen LogP contribution in [0, 0.1) is 0 Å². The van der Waals surface area contributed by atoms with Crippen molar-refractivity contribution in [3.63, 3.8) is 0 Å². The van der Waals surface area contributed by atoms with Gasteiger partial charge in [0.15, 0.2) is 0 Å². The molecule has 0 fully saturated rings. The molecule has 0 saturated carbocycles. The minimum Gasteiger partial charge on any atom is -0.492 e. The smallest absolute Gasteiger partial charge is 0.492 e. The minimum absolute atomic E-state index is 0.191. The molecule has 0 saturated heterocycles. The summed E-state index contributed by atoms with van der Waals surface area (Å²) in [6.07, 6.45) is -0.0400. The fourth-order valence-electron chi connectivity index (χ4n) is 2.92. The van der Waals surface area contributed by atoms with Gasteiger partial charge in [0.1, 0.15) is 23.8 Å². The van der Waals surface area contributed by atoms with Gasteiger partial charge in [-0.15, -0.1) is 18.3 Å². The van der Waals surface area contributed by atoms with E-state index in [1.54, 1.807) is 30.3 Å². The SMILES string of the molecule is O=C(Nc1ccc(OC(F)(F)F)cc1)N1N=C(c2ccc(Br)cc2)OC=C1C1CC=CO1. The zero-order valence-corrected chi connectivity index (χ0v) is 17.8. The molecule has 2 aliphatic rings. The summed E-state index contributed by atoms with van der Waals surface area (Å²) in [5, 5.41) is 8.03. The van der Waals surface area contributed by atoms with Gasteiger partial charge in [-0.2, -0.15) is 5.01 Å². The van der Waals surface area contributed by atoms with Crippen LogP contribution < -0.4 is 10.1 Å². The van der Waals surface area contributed by atoms with Gasteiger partial charge in [0.25, 0.3) is 0 Å². The second-order valence-corrected chi connectivity index (χ2v) is 7.53. The summed E-state index contributed by atoms with van der Waals surface area (Å²) < 4.78 is 52.8. The second kappa shape index (κ2) is 8.95. The van der Waals surface area contributed by atoms with Crippen molar-refractivity contribution < 1.29 is 32.2 Å². The lowest BCUT2D eigenvalue weighted by Crippen LogP contribution is -2.38. The highest BCUT2D eigenvalue weighted by molar-refractivity contribution is 9.10. The van der Waals surface area contributed by atoms with E-state index in [9.17, 15) is 18.0 Å². The molecular formula is C21H15BrF3N3O4. The second-order valence-electron chi connectivity index (χ2n) is 6.62. The monoisotopic (exact) mass is 509 g/mol. The van der Waals surface area contributed by atoms with Crippen LogP contribution in [0.2, 0.25) is 0 Å². The molecule has 0 bridgehead atoms. The highest BCUT2D eigenvalue weighted by Gasteiger charge is 2.32. The molecule has 2 amide bonds. The van der Waals surface area contributed by atoms with Crippen LogP contribution in [-0.4, -0.2) is 29.4 Å². The maximum Gasteiger partial charge on any atom is 0.573 e. The number of hydrogen-bond acceptors (Lipinski definition) is 5. The van der Waals surface area contributed by atoms with E-state index in [1.807, 2.05) is 0 Å². The summed E-state index contributed by atoms with van der Waals surface area (Å²) in [6, 6.07) is 11.3. The van der Waals surface area contributed by atoms with Gasteiger partial charge in [-0.25, -0.2) is 4.79 Å². The van der Waals surface area contributed by atoms with E-state index in [-0.39, 0.29) is 11.6 Å². The summed E-state index contributed by atoms with van der Waals surface area (Å²) in [4.78, 5) is 13.0. The Morgan fingerprint density at radius 1 is 1.16 bits per heavy atom. The molecule has 0 aromatic heterocycles. The number of carbonyl (C=O) groups excluding carboxylic acids is 1. The number of benzene rings is 2. The first-order valence-electron chi connectivity index (χ1n) is 9.27. The Morgan fingerprint density at radius 2 is 1.88 bits per heavy atom. The first kappa shape index (κ1) is 21.8. The average molecular weight is 510 g/mol. The van der Waals surface area contributed by atoms with Crippen LogP contribution in [0.1, 0.15) is 12.0 Å². The standard InChI is InChI=1S/C21H15BrF3N3O4/c22-14-5-3-13(4-6-14)19-27-28(17(12-31-19)18-2-1-11-30-18)20(29)26-15-7-9-16(10-8-15)32-21(23,24)25/h1,3-12,18H,2H2,(H,26,29). The van der Waals surface area contributed by atoms with Gasteiger partial charge < -0.3 is 19.5 Å². The number of halogens is 4. The predicted octanol–water partition coefficient (Wildman–Crippen LogP) is 5.72. The molecule has 0 spiro atoms. The van der Waals surface area contributed by atoms with Gasteiger partial charge in [-0.05, 0) is 54.6 Å². The molecule has 11 heteroatoms. The number of carbonyl (C=O) groups is 1. The number of rotatable bonds is 4. The largest absolute Gasteiger partial charge is 0.573 e. The van der Waals surface area contributed by atoms with Crippen LogP contribution in [-0.2, 0) is 9.47 Å². The Balaban J connectivity index is 1.55. The number of hydrazone groups is 1. The van der Waals surface area contributed by atoms with Gasteiger partial charge in [0.2, 0.25) is 5.90 Å². The molecule has 4 rings (SSSR count). The molecule has 166 valence electrons. The van der Waals surface area contributed by atoms with Crippen molar-refractivity contribution in [3.05, 3.63) is 82.9 Å². The Morgan fingerprint density at radius 3 is 2.50 bits per heavy atom. The first-order chi connectivity index (χ1) is 15.3. The summed E-state index contributed by atoms with van der Waals surface area (Å²) in [7, 11) is 0. The maximum atomic E-state index is 13.0. The summed E-state index contributed by atoms with van der Waals surface area (Å²) in [5.74, 6) is -0.209. The lowest BCUT2D eigenvalue weighted by Gasteiger charge is -2.28. The van der Waals surface area contributed by atoms with Crippen molar-refractivity contribution in [2.24, 2.45) is 5.10 Å². The quantitative estimate of drug-likeness (QED) is 0.572. The third kappa shape index (κ3) is 5.22. The maximum absolute atomic E-state index is 13.0. The number of amides is 2. The molecule has 2 aliphatic heterocycles. The van der Waals surface area contributed by atoms with Crippen molar-refractivity contribution in [2.75, 3.05) is 5.32 Å². The van der Waals surface area contributed by atoms with E-state index in [1.165, 1.54) is 24.7 Å². The number of ether oxygens (including phenoxy) is 3. The van der Waals surface area contributed by atoms with E-state index in [0.717, 1.165) is 21.6 Å². The molecule has 1 atom stereocenters. The van der Waals surface area contributed by atoms with Gasteiger partial charge >= 0.3 is 12.4 Å². The van der Waals surface area contributed by atoms with E-state index >= 15 is 0 Å². The third-order valence-electron chi connectivity index (χ3n) is 4.37. The van der Waals surface area contributed by atoms with Crippen LogP contribution in [0.25, 0.3) is 0 Å². The van der Waals surface area contributed by atoms with Crippen molar-refractivity contribution in [3.8, 4) is 5.75 Å². The van der Waals surface area contributed by atoms with Crippen molar-refractivity contribution >= 4 is 33.5 Å². The highest BCUT2D eigenvalue weighted by Crippen LogP contribution is 2.28. The minimum atomic E-state index is -4.80. The van der Waals surface area contributed by atoms with Crippen molar-refractivity contribution in [2.45, 2.75) is 18.9 Å². The van der Waals surface area contributed by atoms with E-state index in [2.05, 4.69) is 31.1 Å². The number of anilines is 1. The van der Waals surface area contributed by atoms with Crippen LogP contribution >= 0.6 is 15.9 Å². The number of nitrogens with one attached hydrogen (secondary N) is 1. The van der Waals surface area contributed by atoms with E-state index in [0.29, 0.717) is 17.7 Å². The molecule has 1 unspecified atom stereocenters. The molecule has 2 heterocycles. The van der Waals surface area contributed by atoms with Crippen molar-refractivity contribution in [1.29, 1.82) is 0 Å². The van der Waals surface area contributed by atoms with Crippen LogP contribution in [0.4, 0.5) is 23.7 Å². The molecule has 0 aliphatic carbocycles. The Hall–Kier alpha value is -3.47. The number of urea groups is 1.